The van der Waals surface area contributed by atoms with E-state index in [2.05, 4.69) is 43.1 Å². The Kier molecular flexibility index (Phi) is 16.8. The number of aryl methyl sites for hydroxylation is 1. The van der Waals surface area contributed by atoms with Crippen LogP contribution in [0.1, 0.15) is 108 Å². The Bertz CT molecular complexity index is 3810. The number of fused-ring (bicyclic) bond motifs is 6. The highest BCUT2D eigenvalue weighted by molar-refractivity contribution is 7.17. The van der Waals surface area contributed by atoms with Gasteiger partial charge in [-0.25, -0.2) is 15.0 Å². The molecule has 4 aromatic carbocycles. The topological polar surface area (TPSA) is 231 Å². The van der Waals surface area contributed by atoms with Gasteiger partial charge >= 0.3 is 0 Å². The predicted molar refractivity (Wildman–Crippen MR) is 343 cm³/mol. The maximum atomic E-state index is 13.3. The number of likely N-dealkylation sites (tertiary alicyclic amines) is 3. The summed E-state index contributed by atoms with van der Waals surface area (Å²) in [6.07, 6.45) is 12.3. The molecule has 0 unspecified atom stereocenters. The molecule has 11 heterocycles. The number of hydrogen-bond donors (Lipinski definition) is 3. The number of piperidine rings is 3. The number of pyridine rings is 2. The molecule has 5 aromatic heterocycles. The quantitative estimate of drug-likeness (QED) is 0.122. The van der Waals surface area contributed by atoms with E-state index < -0.39 is 0 Å². The molecular formula is C68H69N11O6S3. The van der Waals surface area contributed by atoms with Gasteiger partial charge in [0, 0.05) is 144 Å². The molecule has 9 aromatic rings. The van der Waals surface area contributed by atoms with Gasteiger partial charge in [-0.3, -0.25) is 24.4 Å². The number of hydrogen-bond acceptors (Lipinski definition) is 17. The molecule has 0 saturated carbocycles. The van der Waals surface area contributed by atoms with E-state index in [0.29, 0.717) is 77.0 Å². The van der Waals surface area contributed by atoms with Crippen molar-refractivity contribution in [1.82, 2.24) is 39.6 Å². The van der Waals surface area contributed by atoms with Gasteiger partial charge in [0.15, 0.2) is 0 Å². The lowest BCUT2D eigenvalue weighted by molar-refractivity contribution is 0.0635. The van der Waals surface area contributed by atoms with Crippen molar-refractivity contribution in [1.29, 1.82) is 0 Å². The second-order valence-corrected chi connectivity index (χ2v) is 26.3. The Labute approximate surface area is 523 Å². The minimum Gasteiger partial charge on any atom is -0.492 e. The minimum absolute atomic E-state index is 0.00101. The van der Waals surface area contributed by atoms with Gasteiger partial charge in [0.25, 0.3) is 17.7 Å². The lowest BCUT2D eigenvalue weighted by Gasteiger charge is -2.38. The number of rotatable bonds is 9. The number of nitrogens with zero attached hydrogens (tertiary/aromatic N) is 8. The number of aromatic nitrogens is 5. The van der Waals surface area contributed by atoms with E-state index in [4.69, 9.17) is 31.4 Å². The van der Waals surface area contributed by atoms with Crippen molar-refractivity contribution in [2.24, 2.45) is 17.2 Å². The summed E-state index contributed by atoms with van der Waals surface area (Å²) in [5, 5.41) is 6.26. The Balaban J connectivity index is 0.000000122. The van der Waals surface area contributed by atoms with Crippen LogP contribution in [0.3, 0.4) is 0 Å². The van der Waals surface area contributed by atoms with Crippen molar-refractivity contribution in [3.8, 4) is 49.0 Å². The molecule has 0 atom stereocenters. The Morgan fingerprint density at radius 1 is 0.477 bits per heavy atom. The molecule has 3 fully saturated rings. The van der Waals surface area contributed by atoms with Crippen LogP contribution in [0.5, 0.6) is 17.2 Å². The van der Waals surface area contributed by atoms with Crippen molar-refractivity contribution in [3.63, 3.8) is 0 Å². The van der Waals surface area contributed by atoms with E-state index in [1.807, 2.05) is 123 Å². The van der Waals surface area contributed by atoms with Crippen LogP contribution in [0.15, 0.2) is 145 Å². The summed E-state index contributed by atoms with van der Waals surface area (Å²) < 4.78 is 17.9. The van der Waals surface area contributed by atoms with Gasteiger partial charge in [-0.1, -0.05) is 66.7 Å². The standard InChI is InChI=1S/C24H25N3O2S.2C22H22N4O2S/c1-16-21(30-22(26-16)18-5-3-2-4-6-18)23(28)27-11-9-24(10-12-27)15-29-20-8-7-17(14-25)13-19(20)24;23-12-15-1-2-19-17(11-15)22(14-28-19)5-9-26(10-6-22)21(27)18-13-29-20(25-18)16-3-7-24-8-4-16;23-11-15-3-4-19-17(10-15)22(14-28-19)5-8-26(9-6-22)21(27)18-13-29-20(25-18)16-2-1-7-24-12-16/h2-8,13H,9-12,14-15,25H2,1H3;1-4,7-8,11,13H,5-6,9-10,12,14,23H2;1-4,7,10,12-13H,5-6,8-9,11,14,23H2. The van der Waals surface area contributed by atoms with E-state index in [-0.39, 0.29) is 34.0 Å². The lowest BCUT2D eigenvalue weighted by Crippen LogP contribution is -2.46. The molecule has 17 nitrogen and oxygen atoms in total. The van der Waals surface area contributed by atoms with Crippen LogP contribution in [-0.2, 0) is 35.9 Å². The second-order valence-electron chi connectivity index (χ2n) is 23.5. The maximum Gasteiger partial charge on any atom is 0.273 e. The normalized spacial score (nSPS) is 17.2. The first-order valence-corrected chi connectivity index (χ1v) is 32.6. The fourth-order valence-electron chi connectivity index (χ4n) is 13.0. The number of benzene rings is 4. The van der Waals surface area contributed by atoms with Gasteiger partial charge in [-0.2, -0.15) is 0 Å². The molecule has 6 aliphatic rings. The van der Waals surface area contributed by atoms with Crippen LogP contribution in [0.4, 0.5) is 0 Å². The average Bonchev–Trinajstić information content (AvgIpc) is 1.99. The summed E-state index contributed by atoms with van der Waals surface area (Å²) >= 11 is 4.46. The van der Waals surface area contributed by atoms with Crippen LogP contribution < -0.4 is 31.4 Å². The van der Waals surface area contributed by atoms with E-state index >= 15 is 0 Å². The fraction of sp³-hybridized carbons (Fsp3) is 0.324. The fourth-order valence-corrected chi connectivity index (χ4v) is 15.7. The smallest absolute Gasteiger partial charge is 0.273 e. The molecule has 15 rings (SSSR count). The second kappa shape index (κ2) is 25.1. The zero-order valence-corrected chi connectivity index (χ0v) is 51.5. The summed E-state index contributed by atoms with van der Waals surface area (Å²) in [6.45, 7) is 9.83. The summed E-state index contributed by atoms with van der Waals surface area (Å²) in [5.74, 6) is 2.99. The first-order chi connectivity index (χ1) is 43.0. The zero-order chi connectivity index (χ0) is 60.4. The molecule has 3 saturated heterocycles. The molecule has 0 radical (unpaired) electrons. The molecule has 3 amide bonds. The number of thiazole rings is 3. The molecule has 88 heavy (non-hydrogen) atoms. The Morgan fingerprint density at radius 2 is 0.898 bits per heavy atom. The van der Waals surface area contributed by atoms with Crippen molar-refractivity contribution < 1.29 is 28.6 Å². The number of ether oxygens (including phenoxy) is 3. The average molecular weight is 1230 g/mol. The van der Waals surface area contributed by atoms with Crippen LogP contribution >= 0.6 is 34.0 Å². The van der Waals surface area contributed by atoms with E-state index in [1.165, 1.54) is 50.7 Å². The predicted octanol–water partition coefficient (Wildman–Crippen LogP) is 10.6. The van der Waals surface area contributed by atoms with Gasteiger partial charge < -0.3 is 46.1 Å². The zero-order valence-electron chi connectivity index (χ0n) is 49.1. The molecule has 450 valence electrons. The summed E-state index contributed by atoms with van der Waals surface area (Å²) in [5.41, 5.74) is 29.4. The number of carbonyl (C=O) groups excluding carboxylic acids is 3. The van der Waals surface area contributed by atoms with Gasteiger partial charge in [-0.15, -0.1) is 34.0 Å². The van der Waals surface area contributed by atoms with Gasteiger partial charge in [0.1, 0.15) is 48.5 Å². The van der Waals surface area contributed by atoms with Crippen LogP contribution in [0.25, 0.3) is 31.7 Å². The van der Waals surface area contributed by atoms with E-state index in [0.717, 1.165) is 128 Å². The summed E-state index contributed by atoms with van der Waals surface area (Å²) in [6, 6.07) is 36.4. The Morgan fingerprint density at radius 3 is 1.33 bits per heavy atom. The largest absolute Gasteiger partial charge is 0.492 e. The van der Waals surface area contributed by atoms with Gasteiger partial charge in [0.2, 0.25) is 0 Å². The van der Waals surface area contributed by atoms with Gasteiger partial charge in [0.05, 0.1) is 25.5 Å². The minimum atomic E-state index is -0.0137. The molecule has 6 N–H and O–H groups in total. The summed E-state index contributed by atoms with van der Waals surface area (Å²) in [7, 11) is 0. The molecule has 0 aliphatic carbocycles. The van der Waals surface area contributed by atoms with Crippen molar-refractivity contribution in [2.45, 2.75) is 81.3 Å². The molecule has 20 heteroatoms. The van der Waals surface area contributed by atoms with E-state index in [1.54, 1.807) is 24.8 Å². The third kappa shape index (κ3) is 11.6. The number of carbonyl (C=O) groups is 3. The third-order valence-corrected chi connectivity index (χ3v) is 21.4. The highest BCUT2D eigenvalue weighted by atomic mass is 32.1. The first kappa shape index (κ1) is 58.8. The summed E-state index contributed by atoms with van der Waals surface area (Å²) in [4.78, 5) is 67.8. The SMILES string of the molecule is Cc1nc(-c2ccccc2)sc1C(=O)N1CCC2(CC1)COc1ccc(CN)cc12.NCc1ccc2c(c1)C1(CCN(C(=O)c3csc(-c4cccnc4)n3)CC1)CO2.NCc1ccc2c(c1)C1(CCN(C(=O)c3csc(-c4ccncc4)n3)CC1)CO2. The van der Waals surface area contributed by atoms with Crippen LogP contribution in [0, 0.1) is 6.92 Å². The van der Waals surface area contributed by atoms with Crippen LogP contribution in [0.2, 0.25) is 0 Å². The molecule has 0 bridgehead atoms. The number of nitrogens with two attached hydrogens (primary N) is 3. The third-order valence-electron chi connectivity index (χ3n) is 18.4. The molecular weight excluding hydrogens is 1160 g/mol. The van der Waals surface area contributed by atoms with Crippen molar-refractivity contribution in [2.75, 3.05) is 59.1 Å². The Hall–Kier alpha value is -8.24. The molecule has 3 spiro atoms. The van der Waals surface area contributed by atoms with Crippen molar-refractivity contribution in [3.05, 3.63) is 200 Å². The maximum absolute atomic E-state index is 13.3. The van der Waals surface area contributed by atoms with Crippen molar-refractivity contribution >= 4 is 51.7 Å². The van der Waals surface area contributed by atoms with Gasteiger partial charge in [-0.05, 0) is 105 Å². The monoisotopic (exact) mass is 1230 g/mol. The van der Waals surface area contributed by atoms with E-state index in [9.17, 15) is 14.4 Å². The highest BCUT2D eigenvalue weighted by Gasteiger charge is 2.47. The highest BCUT2D eigenvalue weighted by Crippen LogP contribution is 2.49. The molecule has 6 aliphatic heterocycles. The first-order valence-electron chi connectivity index (χ1n) is 30.0. The lowest BCUT2D eigenvalue weighted by atomic mass is 9.74. The van der Waals surface area contributed by atoms with Crippen LogP contribution in [-0.4, -0.2) is 116 Å². The number of amides is 3.